The molecule has 0 radical (unpaired) electrons. The fourth-order valence-corrected chi connectivity index (χ4v) is 2.19. The Labute approximate surface area is 57.0 Å². The predicted octanol–water partition coefficient (Wildman–Crippen LogP) is 1.49. The van der Waals surface area contributed by atoms with Crippen molar-refractivity contribution in [3.63, 3.8) is 0 Å². The van der Waals surface area contributed by atoms with Crippen molar-refractivity contribution in [2.75, 3.05) is 13.1 Å². The van der Waals surface area contributed by atoms with Gasteiger partial charge in [0.05, 0.1) is 0 Å². The minimum atomic E-state index is 0.985. The molecular formula is C8H15N. The Balaban J connectivity index is 1.98. The molecule has 0 aliphatic carbocycles. The van der Waals surface area contributed by atoms with Crippen LogP contribution in [0.1, 0.15) is 26.2 Å². The Bertz CT molecular complexity index is 105. The zero-order chi connectivity index (χ0) is 6.27. The third-order valence-electron chi connectivity index (χ3n) is 2.94. The molecule has 0 aromatic rings. The van der Waals surface area contributed by atoms with Gasteiger partial charge in [-0.1, -0.05) is 6.92 Å². The van der Waals surface area contributed by atoms with Gasteiger partial charge < -0.3 is 4.90 Å². The summed E-state index contributed by atoms with van der Waals surface area (Å²) >= 11 is 0. The van der Waals surface area contributed by atoms with Gasteiger partial charge in [-0.05, 0) is 38.3 Å². The first-order valence-electron chi connectivity index (χ1n) is 4.12. The Hall–Kier alpha value is -0.0400. The summed E-state index contributed by atoms with van der Waals surface area (Å²) in [5.74, 6) is 0.993. The topological polar surface area (TPSA) is 3.24 Å². The lowest BCUT2D eigenvalue weighted by Gasteiger charge is -2.48. The molecule has 0 bridgehead atoms. The van der Waals surface area contributed by atoms with Gasteiger partial charge in [-0.15, -0.1) is 0 Å². The van der Waals surface area contributed by atoms with Crippen LogP contribution in [0.15, 0.2) is 0 Å². The van der Waals surface area contributed by atoms with Gasteiger partial charge in [0.2, 0.25) is 0 Å². The van der Waals surface area contributed by atoms with Crippen LogP contribution in [0.3, 0.4) is 0 Å². The first-order chi connectivity index (χ1) is 4.38. The molecule has 0 amide bonds. The molecular weight excluding hydrogens is 110 g/mol. The molecule has 2 atom stereocenters. The third-order valence-corrected chi connectivity index (χ3v) is 2.94. The van der Waals surface area contributed by atoms with Gasteiger partial charge in [0.15, 0.2) is 0 Å². The van der Waals surface area contributed by atoms with E-state index in [0.29, 0.717) is 0 Å². The van der Waals surface area contributed by atoms with E-state index < -0.39 is 0 Å². The average Bonchev–Trinajstić information content (AvgIpc) is 1.74. The smallest absolute Gasteiger partial charge is 0.0133 e. The molecule has 2 aliphatic heterocycles. The van der Waals surface area contributed by atoms with Crippen molar-refractivity contribution in [1.82, 2.24) is 4.90 Å². The third kappa shape index (κ3) is 0.787. The summed E-state index contributed by atoms with van der Waals surface area (Å²) in [7, 11) is 0. The highest BCUT2D eigenvalue weighted by Gasteiger charge is 2.34. The van der Waals surface area contributed by atoms with E-state index in [0.717, 1.165) is 12.0 Å². The van der Waals surface area contributed by atoms with Crippen molar-refractivity contribution in [2.45, 2.75) is 32.2 Å². The summed E-state index contributed by atoms with van der Waals surface area (Å²) in [4.78, 5) is 2.63. The van der Waals surface area contributed by atoms with E-state index in [9.17, 15) is 0 Å². The fourth-order valence-electron chi connectivity index (χ4n) is 2.19. The molecule has 52 valence electrons. The number of hydrogen-bond acceptors (Lipinski definition) is 1. The second kappa shape index (κ2) is 1.98. The Kier molecular flexibility index (Phi) is 1.26. The number of hydrogen-bond donors (Lipinski definition) is 0. The minimum Gasteiger partial charge on any atom is -0.300 e. The van der Waals surface area contributed by atoms with E-state index >= 15 is 0 Å². The molecule has 0 saturated carbocycles. The molecule has 2 saturated heterocycles. The molecule has 0 aromatic carbocycles. The van der Waals surface area contributed by atoms with Crippen molar-refractivity contribution < 1.29 is 0 Å². The maximum atomic E-state index is 2.63. The van der Waals surface area contributed by atoms with Crippen molar-refractivity contribution in [2.24, 2.45) is 5.92 Å². The lowest BCUT2D eigenvalue weighted by molar-refractivity contribution is 0.0157. The minimum absolute atomic E-state index is 0.985. The van der Waals surface area contributed by atoms with E-state index in [-0.39, 0.29) is 0 Å². The number of fused-ring (bicyclic) bond motifs is 1. The van der Waals surface area contributed by atoms with Gasteiger partial charge >= 0.3 is 0 Å². The summed E-state index contributed by atoms with van der Waals surface area (Å²) in [6.45, 7) is 5.17. The lowest BCUT2D eigenvalue weighted by Crippen LogP contribution is -2.54. The molecule has 2 rings (SSSR count). The molecule has 2 unspecified atom stereocenters. The second-order valence-electron chi connectivity index (χ2n) is 3.51. The lowest BCUT2D eigenvalue weighted by atomic mass is 9.83. The summed E-state index contributed by atoms with van der Waals surface area (Å²) in [5.41, 5.74) is 0. The largest absolute Gasteiger partial charge is 0.300 e. The van der Waals surface area contributed by atoms with E-state index in [2.05, 4.69) is 11.8 Å². The maximum Gasteiger partial charge on any atom is 0.0133 e. The quantitative estimate of drug-likeness (QED) is 0.474. The zero-order valence-electron chi connectivity index (χ0n) is 6.14. The highest BCUT2D eigenvalue weighted by atomic mass is 15.2. The molecule has 9 heavy (non-hydrogen) atoms. The summed E-state index contributed by atoms with van der Waals surface area (Å²) < 4.78 is 0. The molecule has 1 nitrogen and oxygen atoms in total. The van der Waals surface area contributed by atoms with Gasteiger partial charge in [0, 0.05) is 6.04 Å². The van der Waals surface area contributed by atoms with Crippen LogP contribution in [-0.2, 0) is 0 Å². The van der Waals surface area contributed by atoms with Crippen LogP contribution < -0.4 is 0 Å². The van der Waals surface area contributed by atoms with Gasteiger partial charge in [0.1, 0.15) is 0 Å². The van der Waals surface area contributed by atoms with E-state index in [1.807, 2.05) is 0 Å². The van der Waals surface area contributed by atoms with Crippen LogP contribution in [0.2, 0.25) is 0 Å². The fraction of sp³-hybridized carbons (Fsp3) is 1.00. The standard InChI is InChI=1S/C8H15N/c1-7-3-2-5-9-6-4-8(7)9/h7-8H,2-6H2,1H3. The van der Waals surface area contributed by atoms with Crippen LogP contribution in [0, 0.1) is 5.92 Å². The zero-order valence-corrected chi connectivity index (χ0v) is 6.14. The summed E-state index contributed by atoms with van der Waals surface area (Å²) in [6.07, 6.45) is 4.39. The van der Waals surface area contributed by atoms with Crippen LogP contribution in [0.25, 0.3) is 0 Å². The number of piperidine rings is 1. The molecule has 0 aromatic heterocycles. The van der Waals surface area contributed by atoms with E-state index in [4.69, 9.17) is 0 Å². The van der Waals surface area contributed by atoms with Crippen molar-refractivity contribution >= 4 is 0 Å². The summed E-state index contributed by atoms with van der Waals surface area (Å²) in [6, 6.07) is 0.985. The number of rotatable bonds is 0. The van der Waals surface area contributed by atoms with Gasteiger partial charge in [-0.25, -0.2) is 0 Å². The van der Waals surface area contributed by atoms with Crippen LogP contribution in [-0.4, -0.2) is 24.0 Å². The van der Waals surface area contributed by atoms with E-state index in [1.165, 1.54) is 32.4 Å². The van der Waals surface area contributed by atoms with Crippen LogP contribution in [0.4, 0.5) is 0 Å². The average molecular weight is 125 g/mol. The van der Waals surface area contributed by atoms with Crippen molar-refractivity contribution in [3.8, 4) is 0 Å². The molecule has 2 fully saturated rings. The monoisotopic (exact) mass is 125 g/mol. The first kappa shape index (κ1) is 5.72. The Morgan fingerprint density at radius 3 is 2.56 bits per heavy atom. The Morgan fingerprint density at radius 1 is 1.22 bits per heavy atom. The normalized spacial score (nSPS) is 43.7. The summed E-state index contributed by atoms with van der Waals surface area (Å²) in [5, 5.41) is 0. The maximum absolute atomic E-state index is 2.63. The number of nitrogens with zero attached hydrogens (tertiary/aromatic N) is 1. The molecule has 2 aliphatic rings. The Morgan fingerprint density at radius 2 is 2.11 bits per heavy atom. The van der Waals surface area contributed by atoms with Gasteiger partial charge in [-0.3, -0.25) is 0 Å². The van der Waals surface area contributed by atoms with E-state index in [1.54, 1.807) is 0 Å². The molecule has 0 N–H and O–H groups in total. The van der Waals surface area contributed by atoms with Gasteiger partial charge in [-0.2, -0.15) is 0 Å². The second-order valence-corrected chi connectivity index (χ2v) is 3.51. The highest BCUT2D eigenvalue weighted by molar-refractivity contribution is 4.89. The predicted molar refractivity (Wildman–Crippen MR) is 38.4 cm³/mol. The van der Waals surface area contributed by atoms with Crippen LogP contribution in [0.5, 0.6) is 0 Å². The molecule has 2 heterocycles. The van der Waals surface area contributed by atoms with Gasteiger partial charge in [0.25, 0.3) is 0 Å². The first-order valence-corrected chi connectivity index (χ1v) is 4.12. The highest BCUT2D eigenvalue weighted by Crippen LogP contribution is 2.31. The van der Waals surface area contributed by atoms with Crippen molar-refractivity contribution in [1.29, 1.82) is 0 Å². The molecule has 0 spiro atoms. The van der Waals surface area contributed by atoms with Crippen LogP contribution >= 0.6 is 0 Å². The molecule has 1 heteroatoms. The SMILES string of the molecule is CC1CCCN2CCC12. The van der Waals surface area contributed by atoms with Crippen molar-refractivity contribution in [3.05, 3.63) is 0 Å².